The van der Waals surface area contributed by atoms with Gasteiger partial charge in [0.2, 0.25) is 0 Å². The number of hydrogen-bond acceptors (Lipinski definition) is 3. The summed E-state index contributed by atoms with van der Waals surface area (Å²) in [4.78, 5) is 12.4. The Hall–Kier alpha value is -0.610. The van der Waals surface area contributed by atoms with Crippen molar-refractivity contribution in [2.24, 2.45) is 0 Å². The van der Waals surface area contributed by atoms with Crippen molar-refractivity contribution in [2.45, 2.75) is 85.0 Å². The molecule has 0 aromatic carbocycles. The second-order valence-corrected chi connectivity index (χ2v) is 5.72. The summed E-state index contributed by atoms with van der Waals surface area (Å²) in [6.45, 7) is 9.59. The van der Waals surface area contributed by atoms with E-state index in [2.05, 4.69) is 25.7 Å². The fraction of sp³-hybridized carbons (Fsp3) is 0.944. The molecule has 4 heteroatoms. The minimum atomic E-state index is -0.659. The van der Waals surface area contributed by atoms with Crippen molar-refractivity contribution < 1.29 is 15.0 Å². The van der Waals surface area contributed by atoms with E-state index in [0.717, 1.165) is 32.5 Å². The van der Waals surface area contributed by atoms with Crippen LogP contribution in [-0.4, -0.2) is 47.3 Å². The van der Waals surface area contributed by atoms with Gasteiger partial charge in [0.25, 0.3) is 0 Å². The first-order valence-electron chi connectivity index (χ1n) is 9.17. The van der Waals surface area contributed by atoms with Crippen LogP contribution in [0.1, 0.15) is 85.0 Å². The molecular formula is C18H39NO3. The maximum atomic E-state index is 10.2. The fourth-order valence-corrected chi connectivity index (χ4v) is 2.27. The lowest BCUT2D eigenvalue weighted by molar-refractivity contribution is -0.137. The maximum Gasteiger partial charge on any atom is 0.303 e. The van der Waals surface area contributed by atoms with Gasteiger partial charge in [-0.25, -0.2) is 0 Å². The van der Waals surface area contributed by atoms with Gasteiger partial charge in [-0.3, -0.25) is 4.79 Å². The van der Waals surface area contributed by atoms with Crippen LogP contribution in [0.5, 0.6) is 0 Å². The van der Waals surface area contributed by atoms with Gasteiger partial charge in [-0.05, 0) is 19.5 Å². The molecule has 0 amide bonds. The van der Waals surface area contributed by atoms with Crippen molar-refractivity contribution in [1.29, 1.82) is 0 Å². The minimum absolute atomic E-state index is 0.279. The SMILES string of the molecule is CCCCCCCCCCCC(=O)O.CCN(CC)CCO. The number of carboxylic acids is 1. The molecule has 0 atom stereocenters. The van der Waals surface area contributed by atoms with E-state index in [1.54, 1.807) is 0 Å². The van der Waals surface area contributed by atoms with Gasteiger partial charge in [0.1, 0.15) is 0 Å². The zero-order valence-electron chi connectivity index (χ0n) is 15.1. The van der Waals surface area contributed by atoms with Crippen LogP contribution >= 0.6 is 0 Å². The Morgan fingerprint density at radius 1 is 0.818 bits per heavy atom. The Bertz CT molecular complexity index is 218. The molecule has 0 aliphatic rings. The van der Waals surface area contributed by atoms with Gasteiger partial charge in [-0.1, -0.05) is 72.1 Å². The van der Waals surface area contributed by atoms with Crippen molar-refractivity contribution in [3.63, 3.8) is 0 Å². The highest BCUT2D eigenvalue weighted by atomic mass is 16.4. The lowest BCUT2D eigenvalue weighted by Gasteiger charge is -2.15. The number of nitrogens with zero attached hydrogens (tertiary/aromatic N) is 1. The van der Waals surface area contributed by atoms with Crippen molar-refractivity contribution in [3.8, 4) is 0 Å². The maximum absolute atomic E-state index is 10.2. The smallest absolute Gasteiger partial charge is 0.303 e. The molecule has 2 N–H and O–H groups in total. The molecule has 0 radical (unpaired) electrons. The second-order valence-electron chi connectivity index (χ2n) is 5.72. The summed E-state index contributed by atoms with van der Waals surface area (Å²) in [5.74, 6) is -0.659. The van der Waals surface area contributed by atoms with Gasteiger partial charge < -0.3 is 15.1 Å². The molecular weight excluding hydrogens is 278 g/mol. The summed E-state index contributed by atoms with van der Waals surface area (Å²) >= 11 is 0. The molecule has 0 saturated heterocycles. The van der Waals surface area contributed by atoms with Gasteiger partial charge in [0, 0.05) is 13.0 Å². The Morgan fingerprint density at radius 2 is 1.27 bits per heavy atom. The van der Waals surface area contributed by atoms with Gasteiger partial charge in [-0.15, -0.1) is 0 Å². The third-order valence-corrected chi connectivity index (χ3v) is 3.80. The van der Waals surface area contributed by atoms with Crippen LogP contribution in [0.25, 0.3) is 0 Å². The average Bonchev–Trinajstić information content (AvgIpc) is 2.51. The van der Waals surface area contributed by atoms with E-state index in [1.807, 2.05) is 0 Å². The van der Waals surface area contributed by atoms with Gasteiger partial charge in [-0.2, -0.15) is 0 Å². The molecule has 0 heterocycles. The summed E-state index contributed by atoms with van der Waals surface area (Å²) in [6, 6.07) is 0. The van der Waals surface area contributed by atoms with Gasteiger partial charge in [0.15, 0.2) is 0 Å². The van der Waals surface area contributed by atoms with Crippen molar-refractivity contribution >= 4 is 5.97 Å². The van der Waals surface area contributed by atoms with Crippen LogP contribution in [0, 0.1) is 0 Å². The Labute approximate surface area is 137 Å². The molecule has 0 bridgehead atoms. The number of rotatable bonds is 14. The summed E-state index contributed by atoms with van der Waals surface area (Å²) in [7, 11) is 0. The van der Waals surface area contributed by atoms with Crippen LogP contribution in [0.4, 0.5) is 0 Å². The van der Waals surface area contributed by atoms with Crippen LogP contribution in [-0.2, 0) is 4.79 Å². The number of aliphatic carboxylic acids is 1. The normalized spacial score (nSPS) is 10.4. The van der Waals surface area contributed by atoms with Crippen molar-refractivity contribution in [3.05, 3.63) is 0 Å². The van der Waals surface area contributed by atoms with E-state index < -0.39 is 5.97 Å². The van der Waals surface area contributed by atoms with Crippen LogP contribution in [0.2, 0.25) is 0 Å². The Balaban J connectivity index is 0. The average molecular weight is 318 g/mol. The number of hydrogen-bond donors (Lipinski definition) is 2. The summed E-state index contributed by atoms with van der Waals surface area (Å²) in [5, 5.41) is 16.9. The number of unbranched alkanes of at least 4 members (excludes halogenated alkanes) is 8. The third kappa shape index (κ3) is 21.7. The summed E-state index contributed by atoms with van der Waals surface area (Å²) in [6.07, 6.45) is 11.5. The monoisotopic (exact) mass is 317 g/mol. The highest BCUT2D eigenvalue weighted by molar-refractivity contribution is 5.66. The predicted molar refractivity (Wildman–Crippen MR) is 94.4 cm³/mol. The van der Waals surface area contributed by atoms with E-state index in [1.165, 1.54) is 44.9 Å². The Morgan fingerprint density at radius 3 is 1.59 bits per heavy atom. The first kappa shape index (κ1) is 23.7. The molecule has 0 rings (SSSR count). The topological polar surface area (TPSA) is 60.8 Å². The third-order valence-electron chi connectivity index (χ3n) is 3.80. The van der Waals surface area contributed by atoms with E-state index in [4.69, 9.17) is 10.2 Å². The quantitative estimate of drug-likeness (QED) is 0.469. The standard InChI is InChI=1S/C12H24O2.C6H15NO/c1-2-3-4-5-6-7-8-9-10-11-12(13)14;1-3-7(4-2)5-6-8/h2-11H2,1H3,(H,13,14);8H,3-6H2,1-2H3. The molecule has 0 aromatic rings. The fourth-order valence-electron chi connectivity index (χ4n) is 2.27. The zero-order chi connectivity index (χ0) is 17.1. The first-order valence-corrected chi connectivity index (χ1v) is 9.17. The number of likely N-dealkylation sites (N-methyl/N-ethyl adjacent to an activating group) is 1. The van der Waals surface area contributed by atoms with E-state index in [-0.39, 0.29) is 6.61 Å². The summed E-state index contributed by atoms with van der Waals surface area (Å²) < 4.78 is 0. The van der Waals surface area contributed by atoms with Gasteiger partial charge in [0.05, 0.1) is 6.61 Å². The Kier molecular flexibility index (Phi) is 21.9. The summed E-state index contributed by atoms with van der Waals surface area (Å²) in [5.41, 5.74) is 0. The van der Waals surface area contributed by atoms with Gasteiger partial charge >= 0.3 is 5.97 Å². The first-order chi connectivity index (χ1) is 10.6. The lowest BCUT2D eigenvalue weighted by atomic mass is 10.1. The molecule has 0 aromatic heterocycles. The molecule has 0 aliphatic carbocycles. The molecule has 22 heavy (non-hydrogen) atoms. The molecule has 0 spiro atoms. The van der Waals surface area contributed by atoms with Crippen LogP contribution in [0.15, 0.2) is 0 Å². The van der Waals surface area contributed by atoms with Crippen LogP contribution < -0.4 is 0 Å². The van der Waals surface area contributed by atoms with Crippen LogP contribution in [0.3, 0.4) is 0 Å². The number of carbonyl (C=O) groups is 1. The highest BCUT2D eigenvalue weighted by Gasteiger charge is 1.96. The number of carboxylic acid groups (broad SMARTS) is 1. The molecule has 0 saturated carbocycles. The second kappa shape index (κ2) is 20.4. The highest BCUT2D eigenvalue weighted by Crippen LogP contribution is 2.10. The molecule has 134 valence electrons. The largest absolute Gasteiger partial charge is 0.481 e. The molecule has 0 unspecified atom stereocenters. The molecule has 0 aliphatic heterocycles. The number of aliphatic hydroxyl groups excluding tert-OH is 1. The van der Waals surface area contributed by atoms with E-state index in [0.29, 0.717) is 6.42 Å². The van der Waals surface area contributed by atoms with E-state index >= 15 is 0 Å². The molecule has 4 nitrogen and oxygen atoms in total. The van der Waals surface area contributed by atoms with Crippen molar-refractivity contribution in [1.82, 2.24) is 4.90 Å². The molecule has 0 fully saturated rings. The minimum Gasteiger partial charge on any atom is -0.481 e. The van der Waals surface area contributed by atoms with Crippen molar-refractivity contribution in [2.75, 3.05) is 26.2 Å². The lowest BCUT2D eigenvalue weighted by Crippen LogP contribution is -2.25. The number of aliphatic hydroxyl groups is 1. The zero-order valence-corrected chi connectivity index (χ0v) is 15.1. The van der Waals surface area contributed by atoms with E-state index in [9.17, 15) is 4.79 Å². The predicted octanol–water partition coefficient (Wildman–Crippen LogP) is 4.31.